The minimum Gasteiger partial charge on any atom is -0.392 e. The molecular weight excluding hydrogens is 190 g/mol. The van der Waals surface area contributed by atoms with Crippen LogP contribution in [0.2, 0.25) is 0 Å². The van der Waals surface area contributed by atoms with E-state index in [9.17, 15) is 9.90 Å². The summed E-state index contributed by atoms with van der Waals surface area (Å²) < 4.78 is 0. The lowest BCUT2D eigenvalue weighted by atomic mass is 9.95. The Bertz CT molecular complexity index is 218. The molecule has 3 atom stereocenters. The molecule has 3 nitrogen and oxygen atoms in total. The molecule has 1 aliphatic heterocycles. The summed E-state index contributed by atoms with van der Waals surface area (Å²) in [6, 6.07) is 0. The standard InChI is InChI=1S/C12H23NO2/c1-4-9(2)11(14)7-13-6-5-10(3)12(15)8-13/h9-10,12,15H,4-8H2,1-3H3. The summed E-state index contributed by atoms with van der Waals surface area (Å²) in [6.07, 6.45) is 1.64. The minimum atomic E-state index is -0.261. The third-order valence-electron chi connectivity index (χ3n) is 3.54. The fourth-order valence-corrected chi connectivity index (χ4v) is 1.86. The van der Waals surface area contributed by atoms with Crippen LogP contribution in [0.1, 0.15) is 33.6 Å². The zero-order valence-corrected chi connectivity index (χ0v) is 10.1. The topological polar surface area (TPSA) is 40.5 Å². The fourth-order valence-electron chi connectivity index (χ4n) is 1.86. The highest BCUT2D eigenvalue weighted by atomic mass is 16.3. The molecule has 1 N–H and O–H groups in total. The molecule has 0 aromatic carbocycles. The van der Waals surface area contributed by atoms with Crippen LogP contribution < -0.4 is 0 Å². The van der Waals surface area contributed by atoms with Gasteiger partial charge in [0.1, 0.15) is 5.78 Å². The molecule has 0 aliphatic carbocycles. The molecule has 0 aromatic heterocycles. The number of carbonyl (C=O) groups is 1. The van der Waals surface area contributed by atoms with Crippen molar-refractivity contribution in [2.75, 3.05) is 19.6 Å². The Balaban J connectivity index is 2.36. The summed E-state index contributed by atoms with van der Waals surface area (Å²) in [7, 11) is 0. The Morgan fingerprint density at radius 1 is 1.60 bits per heavy atom. The van der Waals surface area contributed by atoms with Gasteiger partial charge < -0.3 is 5.11 Å². The lowest BCUT2D eigenvalue weighted by molar-refractivity contribution is -0.124. The van der Waals surface area contributed by atoms with Crippen LogP contribution in [-0.4, -0.2) is 41.5 Å². The molecule has 3 heteroatoms. The van der Waals surface area contributed by atoms with Gasteiger partial charge in [0.2, 0.25) is 0 Å². The summed E-state index contributed by atoms with van der Waals surface area (Å²) >= 11 is 0. The second-order valence-electron chi connectivity index (χ2n) is 4.84. The van der Waals surface area contributed by atoms with Gasteiger partial charge in [-0.3, -0.25) is 9.69 Å². The molecule has 0 amide bonds. The first-order chi connectivity index (χ1) is 7.04. The highest BCUT2D eigenvalue weighted by molar-refractivity contribution is 5.82. The molecule has 1 aliphatic rings. The maximum Gasteiger partial charge on any atom is 0.149 e. The number of ketones is 1. The van der Waals surface area contributed by atoms with Crippen molar-refractivity contribution >= 4 is 5.78 Å². The molecule has 1 heterocycles. The van der Waals surface area contributed by atoms with Gasteiger partial charge in [-0.15, -0.1) is 0 Å². The van der Waals surface area contributed by atoms with Crippen molar-refractivity contribution in [3.63, 3.8) is 0 Å². The minimum absolute atomic E-state index is 0.154. The Kier molecular flexibility index (Phi) is 4.74. The number of rotatable bonds is 4. The van der Waals surface area contributed by atoms with E-state index < -0.39 is 0 Å². The Morgan fingerprint density at radius 3 is 2.80 bits per heavy atom. The van der Waals surface area contributed by atoms with Crippen LogP contribution in [-0.2, 0) is 4.79 Å². The average molecular weight is 213 g/mol. The zero-order chi connectivity index (χ0) is 11.4. The van der Waals surface area contributed by atoms with Crippen molar-refractivity contribution < 1.29 is 9.90 Å². The predicted molar refractivity (Wildman–Crippen MR) is 60.7 cm³/mol. The smallest absolute Gasteiger partial charge is 0.149 e. The quantitative estimate of drug-likeness (QED) is 0.765. The van der Waals surface area contributed by atoms with E-state index in [2.05, 4.69) is 11.8 Å². The lowest BCUT2D eigenvalue weighted by Gasteiger charge is -2.34. The molecule has 88 valence electrons. The number of hydrogen-bond donors (Lipinski definition) is 1. The van der Waals surface area contributed by atoms with E-state index in [0.717, 1.165) is 19.4 Å². The summed E-state index contributed by atoms with van der Waals surface area (Å²) in [6.45, 7) is 8.20. The number of aliphatic hydroxyl groups excluding tert-OH is 1. The molecule has 0 bridgehead atoms. The van der Waals surface area contributed by atoms with Crippen molar-refractivity contribution in [3.05, 3.63) is 0 Å². The first kappa shape index (κ1) is 12.7. The van der Waals surface area contributed by atoms with Crippen molar-refractivity contribution in [2.45, 2.75) is 39.7 Å². The van der Waals surface area contributed by atoms with Crippen LogP contribution in [0.15, 0.2) is 0 Å². The van der Waals surface area contributed by atoms with Gasteiger partial charge in [0.15, 0.2) is 0 Å². The maximum absolute atomic E-state index is 11.7. The molecule has 1 rings (SSSR count). The molecule has 1 fully saturated rings. The third-order valence-corrected chi connectivity index (χ3v) is 3.54. The molecule has 0 radical (unpaired) electrons. The lowest BCUT2D eigenvalue weighted by Crippen LogP contribution is -2.45. The molecular formula is C12H23NO2. The largest absolute Gasteiger partial charge is 0.392 e. The van der Waals surface area contributed by atoms with Gasteiger partial charge in [-0.25, -0.2) is 0 Å². The number of piperidine rings is 1. The molecule has 1 saturated heterocycles. The van der Waals surface area contributed by atoms with Gasteiger partial charge in [0, 0.05) is 12.5 Å². The Morgan fingerprint density at radius 2 is 2.27 bits per heavy atom. The second kappa shape index (κ2) is 5.61. The number of nitrogens with zero attached hydrogens (tertiary/aromatic N) is 1. The number of β-amino-alcohol motifs (C(OH)–C–C–N with tert-alkyl or cyclic N) is 1. The van der Waals surface area contributed by atoms with E-state index in [1.165, 1.54) is 0 Å². The third kappa shape index (κ3) is 3.58. The van der Waals surface area contributed by atoms with Crippen molar-refractivity contribution in [1.29, 1.82) is 0 Å². The molecule has 0 saturated carbocycles. The van der Waals surface area contributed by atoms with E-state index in [0.29, 0.717) is 24.8 Å². The fraction of sp³-hybridized carbons (Fsp3) is 0.917. The first-order valence-electron chi connectivity index (χ1n) is 5.97. The van der Waals surface area contributed by atoms with E-state index in [1.807, 2.05) is 13.8 Å². The highest BCUT2D eigenvalue weighted by Gasteiger charge is 2.26. The van der Waals surface area contributed by atoms with Crippen LogP contribution in [0.4, 0.5) is 0 Å². The van der Waals surface area contributed by atoms with E-state index >= 15 is 0 Å². The van der Waals surface area contributed by atoms with Gasteiger partial charge >= 0.3 is 0 Å². The predicted octanol–water partition coefficient (Wildman–Crippen LogP) is 1.30. The number of hydrogen-bond acceptors (Lipinski definition) is 3. The zero-order valence-electron chi connectivity index (χ0n) is 10.1. The van der Waals surface area contributed by atoms with Crippen molar-refractivity contribution in [1.82, 2.24) is 4.90 Å². The van der Waals surface area contributed by atoms with Crippen LogP contribution in [0.25, 0.3) is 0 Å². The Labute approximate surface area is 92.5 Å². The summed E-state index contributed by atoms with van der Waals surface area (Å²) in [5, 5.41) is 9.70. The van der Waals surface area contributed by atoms with E-state index in [4.69, 9.17) is 0 Å². The first-order valence-corrected chi connectivity index (χ1v) is 5.97. The molecule has 15 heavy (non-hydrogen) atoms. The number of carbonyl (C=O) groups excluding carboxylic acids is 1. The van der Waals surface area contributed by atoms with Crippen LogP contribution >= 0.6 is 0 Å². The van der Waals surface area contributed by atoms with Crippen molar-refractivity contribution in [3.8, 4) is 0 Å². The van der Waals surface area contributed by atoms with Crippen LogP contribution in [0.3, 0.4) is 0 Å². The van der Waals surface area contributed by atoms with Gasteiger partial charge in [-0.1, -0.05) is 20.8 Å². The van der Waals surface area contributed by atoms with Gasteiger partial charge in [0.05, 0.1) is 12.6 Å². The Hall–Kier alpha value is -0.410. The maximum atomic E-state index is 11.7. The summed E-state index contributed by atoms with van der Waals surface area (Å²) in [5.41, 5.74) is 0. The second-order valence-corrected chi connectivity index (χ2v) is 4.84. The number of likely N-dealkylation sites (tertiary alicyclic amines) is 1. The normalized spacial score (nSPS) is 30.1. The van der Waals surface area contributed by atoms with Crippen LogP contribution in [0, 0.1) is 11.8 Å². The van der Waals surface area contributed by atoms with Gasteiger partial charge in [0.25, 0.3) is 0 Å². The molecule has 0 spiro atoms. The average Bonchev–Trinajstić information content (AvgIpc) is 2.22. The molecule has 3 unspecified atom stereocenters. The summed E-state index contributed by atoms with van der Waals surface area (Å²) in [5.74, 6) is 0.834. The SMILES string of the molecule is CCC(C)C(=O)CN1CCC(C)C(O)C1. The van der Waals surface area contributed by atoms with Gasteiger partial charge in [-0.05, 0) is 25.3 Å². The van der Waals surface area contributed by atoms with Gasteiger partial charge in [-0.2, -0.15) is 0 Å². The van der Waals surface area contributed by atoms with E-state index in [1.54, 1.807) is 0 Å². The monoisotopic (exact) mass is 213 g/mol. The van der Waals surface area contributed by atoms with Crippen LogP contribution in [0.5, 0.6) is 0 Å². The number of Topliss-reactive ketones (excluding diaryl/α,β-unsaturated/α-hetero) is 1. The van der Waals surface area contributed by atoms with E-state index in [-0.39, 0.29) is 12.0 Å². The van der Waals surface area contributed by atoms with Crippen molar-refractivity contribution in [2.24, 2.45) is 11.8 Å². The highest BCUT2D eigenvalue weighted by Crippen LogP contribution is 2.17. The number of aliphatic hydroxyl groups is 1. The summed E-state index contributed by atoms with van der Waals surface area (Å²) in [4.78, 5) is 13.8. The molecule has 0 aromatic rings.